The van der Waals surface area contributed by atoms with E-state index in [1.54, 1.807) is 18.2 Å². The third-order valence-corrected chi connectivity index (χ3v) is 3.23. The smallest absolute Gasteiger partial charge is 0.125 e. The summed E-state index contributed by atoms with van der Waals surface area (Å²) in [4.78, 5) is 1.59. The summed E-state index contributed by atoms with van der Waals surface area (Å²) in [6, 6.07) is 13.5. The molecule has 0 saturated carbocycles. The van der Waals surface area contributed by atoms with Gasteiger partial charge in [0, 0.05) is 14.8 Å². The van der Waals surface area contributed by atoms with E-state index in [2.05, 4.69) is 0 Å². The molecular weight excluding hydrogens is 257 g/mol. The summed E-state index contributed by atoms with van der Waals surface area (Å²) in [5, 5.41) is 9.38. The van der Waals surface area contributed by atoms with Crippen molar-refractivity contribution in [2.24, 2.45) is 0 Å². The molecule has 0 aliphatic heterocycles. The highest BCUT2D eigenvalue weighted by molar-refractivity contribution is 7.99. The van der Waals surface area contributed by atoms with Gasteiger partial charge in [0.2, 0.25) is 0 Å². The van der Waals surface area contributed by atoms with E-state index in [9.17, 15) is 4.39 Å². The van der Waals surface area contributed by atoms with Crippen LogP contribution in [0, 0.1) is 17.1 Å². The zero-order chi connectivity index (χ0) is 12.3. The molecule has 0 aliphatic rings. The zero-order valence-corrected chi connectivity index (χ0v) is 10.2. The molecule has 0 fully saturated rings. The van der Waals surface area contributed by atoms with Crippen LogP contribution in [0.3, 0.4) is 0 Å². The molecule has 2 aromatic rings. The van der Waals surface area contributed by atoms with Crippen LogP contribution >= 0.6 is 23.4 Å². The standard InChI is InChI=1S/C13H7ClFNS/c14-10-2-1-3-12(6-10)17-13-5-9(8-16)4-11(15)7-13/h1-7H. The minimum Gasteiger partial charge on any atom is -0.207 e. The first-order valence-corrected chi connectivity index (χ1v) is 6.01. The second-order valence-corrected chi connectivity index (χ2v) is 4.93. The molecule has 0 atom stereocenters. The van der Waals surface area contributed by atoms with Crippen LogP contribution in [-0.4, -0.2) is 0 Å². The maximum absolute atomic E-state index is 13.2. The largest absolute Gasteiger partial charge is 0.207 e. The fourth-order valence-electron chi connectivity index (χ4n) is 1.35. The Morgan fingerprint density at radius 1 is 1.12 bits per heavy atom. The molecule has 0 spiro atoms. The first-order valence-electron chi connectivity index (χ1n) is 4.81. The van der Waals surface area contributed by atoms with Crippen molar-refractivity contribution in [1.82, 2.24) is 0 Å². The average Bonchev–Trinajstić information content (AvgIpc) is 2.28. The Kier molecular flexibility index (Phi) is 3.68. The topological polar surface area (TPSA) is 23.8 Å². The molecule has 4 heteroatoms. The minimum atomic E-state index is -0.409. The molecule has 1 nitrogen and oxygen atoms in total. The van der Waals surface area contributed by atoms with E-state index in [1.807, 2.05) is 18.2 Å². The molecule has 0 saturated heterocycles. The van der Waals surface area contributed by atoms with Gasteiger partial charge < -0.3 is 0 Å². The van der Waals surface area contributed by atoms with Crippen molar-refractivity contribution < 1.29 is 4.39 Å². The van der Waals surface area contributed by atoms with Gasteiger partial charge in [0.25, 0.3) is 0 Å². The first-order chi connectivity index (χ1) is 8.17. The summed E-state index contributed by atoms with van der Waals surface area (Å²) in [5.41, 5.74) is 0.314. The first kappa shape index (κ1) is 12.0. The highest BCUT2D eigenvalue weighted by Gasteiger charge is 2.03. The summed E-state index contributed by atoms with van der Waals surface area (Å²) in [7, 11) is 0. The molecule has 0 radical (unpaired) electrons. The lowest BCUT2D eigenvalue weighted by atomic mass is 10.2. The Labute approximate surface area is 108 Å². The van der Waals surface area contributed by atoms with E-state index in [-0.39, 0.29) is 0 Å². The Morgan fingerprint density at radius 3 is 2.65 bits per heavy atom. The average molecular weight is 264 g/mol. The fourth-order valence-corrected chi connectivity index (χ4v) is 2.57. The Balaban J connectivity index is 2.30. The summed E-state index contributed by atoms with van der Waals surface area (Å²) in [6.07, 6.45) is 0. The van der Waals surface area contributed by atoms with Gasteiger partial charge in [-0.15, -0.1) is 0 Å². The van der Waals surface area contributed by atoms with Crippen molar-refractivity contribution in [3.63, 3.8) is 0 Å². The van der Waals surface area contributed by atoms with Gasteiger partial charge in [0.1, 0.15) is 5.82 Å². The summed E-state index contributed by atoms with van der Waals surface area (Å²) in [6.45, 7) is 0. The van der Waals surface area contributed by atoms with Gasteiger partial charge >= 0.3 is 0 Å². The van der Waals surface area contributed by atoms with Crippen LogP contribution < -0.4 is 0 Å². The maximum Gasteiger partial charge on any atom is 0.125 e. The monoisotopic (exact) mass is 263 g/mol. The normalized spacial score (nSPS) is 9.94. The van der Waals surface area contributed by atoms with Gasteiger partial charge in [-0.25, -0.2) is 4.39 Å². The Bertz CT molecular complexity index is 592. The van der Waals surface area contributed by atoms with Gasteiger partial charge in [0.15, 0.2) is 0 Å². The summed E-state index contributed by atoms with van der Waals surface area (Å²) >= 11 is 7.23. The van der Waals surface area contributed by atoms with Crippen LogP contribution in [0.4, 0.5) is 4.39 Å². The Hall–Kier alpha value is -1.50. The molecule has 0 heterocycles. The second-order valence-electron chi connectivity index (χ2n) is 3.35. The van der Waals surface area contributed by atoms with Gasteiger partial charge in [-0.1, -0.05) is 29.4 Å². The van der Waals surface area contributed by atoms with E-state index in [1.165, 1.54) is 23.9 Å². The minimum absolute atomic E-state index is 0.314. The van der Waals surface area contributed by atoms with Crippen molar-refractivity contribution in [2.75, 3.05) is 0 Å². The third-order valence-electron chi connectivity index (χ3n) is 2.03. The van der Waals surface area contributed by atoms with E-state index in [0.29, 0.717) is 15.5 Å². The van der Waals surface area contributed by atoms with Crippen LogP contribution in [0.5, 0.6) is 0 Å². The van der Waals surface area contributed by atoms with Crippen LogP contribution in [0.1, 0.15) is 5.56 Å². The van der Waals surface area contributed by atoms with Crippen molar-refractivity contribution in [3.05, 3.63) is 58.9 Å². The molecule has 84 valence electrons. The predicted molar refractivity (Wildman–Crippen MR) is 66.7 cm³/mol. The van der Waals surface area contributed by atoms with Gasteiger partial charge in [0.05, 0.1) is 11.6 Å². The molecule has 2 aromatic carbocycles. The quantitative estimate of drug-likeness (QED) is 0.796. The predicted octanol–water partition coefficient (Wildman–Crippen LogP) is 4.50. The molecule has 0 aromatic heterocycles. The number of nitriles is 1. The SMILES string of the molecule is N#Cc1cc(F)cc(Sc2cccc(Cl)c2)c1. The highest BCUT2D eigenvalue weighted by Crippen LogP contribution is 2.30. The van der Waals surface area contributed by atoms with Crippen molar-refractivity contribution in [1.29, 1.82) is 5.26 Å². The molecule has 2 rings (SSSR count). The van der Waals surface area contributed by atoms with Crippen molar-refractivity contribution in [2.45, 2.75) is 9.79 Å². The van der Waals surface area contributed by atoms with E-state index in [4.69, 9.17) is 16.9 Å². The number of hydrogen-bond acceptors (Lipinski definition) is 2. The number of halogens is 2. The molecule has 0 unspecified atom stereocenters. The van der Waals surface area contributed by atoms with Crippen LogP contribution in [0.25, 0.3) is 0 Å². The molecular formula is C13H7ClFNS. The lowest BCUT2D eigenvalue weighted by molar-refractivity contribution is 0.623. The summed E-state index contributed by atoms with van der Waals surface area (Å²) in [5.74, 6) is -0.409. The number of hydrogen-bond donors (Lipinski definition) is 0. The lowest BCUT2D eigenvalue weighted by Crippen LogP contribution is -1.82. The van der Waals surface area contributed by atoms with Crippen LogP contribution in [0.2, 0.25) is 5.02 Å². The number of rotatable bonds is 2. The maximum atomic E-state index is 13.2. The Morgan fingerprint density at radius 2 is 1.94 bits per heavy atom. The van der Waals surface area contributed by atoms with Gasteiger partial charge in [-0.05, 0) is 36.4 Å². The second kappa shape index (κ2) is 5.22. The van der Waals surface area contributed by atoms with Gasteiger partial charge in [-0.2, -0.15) is 5.26 Å². The van der Waals surface area contributed by atoms with E-state index >= 15 is 0 Å². The highest BCUT2D eigenvalue weighted by atomic mass is 35.5. The van der Waals surface area contributed by atoms with E-state index < -0.39 is 5.82 Å². The third kappa shape index (κ3) is 3.23. The fraction of sp³-hybridized carbons (Fsp3) is 0. The van der Waals surface area contributed by atoms with Crippen LogP contribution in [-0.2, 0) is 0 Å². The van der Waals surface area contributed by atoms with Crippen LogP contribution in [0.15, 0.2) is 52.3 Å². The molecule has 0 bridgehead atoms. The van der Waals surface area contributed by atoms with Crippen molar-refractivity contribution in [3.8, 4) is 6.07 Å². The molecule has 0 N–H and O–H groups in total. The molecule has 0 aliphatic carbocycles. The number of nitrogens with zero attached hydrogens (tertiary/aromatic N) is 1. The summed E-state index contributed by atoms with van der Waals surface area (Å²) < 4.78 is 13.2. The molecule has 17 heavy (non-hydrogen) atoms. The lowest BCUT2D eigenvalue weighted by Gasteiger charge is -2.03. The molecule has 0 amide bonds. The van der Waals surface area contributed by atoms with E-state index in [0.717, 1.165) is 4.90 Å². The van der Waals surface area contributed by atoms with Gasteiger partial charge in [-0.3, -0.25) is 0 Å². The number of benzene rings is 2. The van der Waals surface area contributed by atoms with Crippen molar-refractivity contribution >= 4 is 23.4 Å². The zero-order valence-electron chi connectivity index (χ0n) is 8.65.